The molecule has 1 aromatic rings. The predicted octanol–water partition coefficient (Wildman–Crippen LogP) is 2.36. The van der Waals surface area contributed by atoms with E-state index in [1.165, 1.54) is 0 Å². The van der Waals surface area contributed by atoms with Crippen LogP contribution in [0.2, 0.25) is 5.15 Å². The molecule has 1 aromatic heterocycles. The van der Waals surface area contributed by atoms with Crippen LogP contribution in [0.25, 0.3) is 0 Å². The maximum atomic E-state index is 12.2. The summed E-state index contributed by atoms with van der Waals surface area (Å²) in [5, 5.41) is 8.16. The van der Waals surface area contributed by atoms with Crippen LogP contribution in [0.5, 0.6) is 0 Å². The van der Waals surface area contributed by atoms with Crippen molar-refractivity contribution in [3.8, 4) is 6.07 Å². The van der Waals surface area contributed by atoms with E-state index in [0.29, 0.717) is 6.29 Å². The molecule has 0 unspecified atom stereocenters. The molecule has 0 atom stereocenters. The minimum Gasteiger partial charge on any atom is -0.298 e. The molecule has 72 valence electrons. The van der Waals surface area contributed by atoms with Crippen LogP contribution in [-0.4, -0.2) is 11.3 Å². The van der Waals surface area contributed by atoms with Gasteiger partial charge in [0, 0.05) is 0 Å². The molecule has 14 heavy (non-hydrogen) atoms. The average molecular weight is 217 g/mol. The Labute approximate surface area is 82.9 Å². The second-order valence-electron chi connectivity index (χ2n) is 2.33. The molecule has 0 amide bonds. The molecule has 0 saturated heterocycles. The van der Waals surface area contributed by atoms with Crippen LogP contribution in [0.15, 0.2) is 6.07 Å². The third-order valence-electron chi connectivity index (χ3n) is 1.49. The quantitative estimate of drug-likeness (QED) is 0.563. The Morgan fingerprint density at radius 1 is 1.64 bits per heavy atom. The lowest BCUT2D eigenvalue weighted by Gasteiger charge is -2.02. The SMILES string of the molecule is N#Cc1cc(C(F)F)nc(Cl)c1C=O. The van der Waals surface area contributed by atoms with E-state index >= 15 is 0 Å². The van der Waals surface area contributed by atoms with Crippen molar-refractivity contribution in [1.29, 1.82) is 5.26 Å². The van der Waals surface area contributed by atoms with Crippen LogP contribution < -0.4 is 0 Å². The number of pyridine rings is 1. The summed E-state index contributed by atoms with van der Waals surface area (Å²) in [6, 6.07) is 2.44. The Morgan fingerprint density at radius 2 is 2.29 bits per heavy atom. The van der Waals surface area contributed by atoms with Crippen LogP contribution in [0.3, 0.4) is 0 Å². The van der Waals surface area contributed by atoms with Gasteiger partial charge in [-0.05, 0) is 6.07 Å². The number of alkyl halides is 2. The van der Waals surface area contributed by atoms with E-state index in [4.69, 9.17) is 16.9 Å². The van der Waals surface area contributed by atoms with E-state index in [1.807, 2.05) is 0 Å². The van der Waals surface area contributed by atoms with Gasteiger partial charge < -0.3 is 0 Å². The molecule has 0 radical (unpaired) electrons. The Bertz CT molecular complexity index is 415. The first kappa shape index (κ1) is 10.5. The molecule has 0 N–H and O–H groups in total. The van der Waals surface area contributed by atoms with E-state index in [0.717, 1.165) is 6.07 Å². The summed E-state index contributed by atoms with van der Waals surface area (Å²) in [6.45, 7) is 0. The number of aldehydes is 1. The van der Waals surface area contributed by atoms with Crippen molar-refractivity contribution < 1.29 is 13.6 Å². The van der Waals surface area contributed by atoms with Crippen molar-refractivity contribution in [2.24, 2.45) is 0 Å². The van der Waals surface area contributed by atoms with Crippen molar-refractivity contribution in [2.75, 3.05) is 0 Å². The number of rotatable bonds is 2. The van der Waals surface area contributed by atoms with E-state index in [2.05, 4.69) is 4.98 Å². The maximum Gasteiger partial charge on any atom is 0.280 e. The highest BCUT2D eigenvalue weighted by Gasteiger charge is 2.15. The summed E-state index contributed by atoms with van der Waals surface area (Å²) in [7, 11) is 0. The number of hydrogen-bond donors (Lipinski definition) is 0. The van der Waals surface area contributed by atoms with Gasteiger partial charge in [0.1, 0.15) is 16.9 Å². The fourth-order valence-corrected chi connectivity index (χ4v) is 1.10. The number of carbonyl (C=O) groups excluding carboxylic acids is 1. The lowest BCUT2D eigenvalue weighted by Crippen LogP contribution is -1.98. The van der Waals surface area contributed by atoms with Crippen LogP contribution in [0, 0.1) is 11.3 Å². The molecule has 0 spiro atoms. The van der Waals surface area contributed by atoms with Gasteiger partial charge in [0.2, 0.25) is 0 Å². The Kier molecular flexibility index (Phi) is 3.10. The zero-order valence-corrected chi connectivity index (χ0v) is 7.42. The smallest absolute Gasteiger partial charge is 0.280 e. The maximum absolute atomic E-state index is 12.2. The summed E-state index contributed by atoms with van der Waals surface area (Å²) in [6.07, 6.45) is -2.51. The van der Waals surface area contributed by atoms with Gasteiger partial charge in [-0.2, -0.15) is 5.26 Å². The lowest BCUT2D eigenvalue weighted by atomic mass is 10.1. The molecule has 3 nitrogen and oxygen atoms in total. The monoisotopic (exact) mass is 216 g/mol. The molecule has 0 bridgehead atoms. The fraction of sp³-hybridized carbons (Fsp3) is 0.125. The van der Waals surface area contributed by atoms with Gasteiger partial charge in [-0.3, -0.25) is 4.79 Å². The Morgan fingerprint density at radius 3 is 2.71 bits per heavy atom. The molecule has 0 aliphatic heterocycles. The van der Waals surface area contributed by atoms with Gasteiger partial charge in [-0.25, -0.2) is 13.8 Å². The summed E-state index contributed by atoms with van der Waals surface area (Å²) in [5.41, 5.74) is -0.981. The van der Waals surface area contributed by atoms with Gasteiger partial charge >= 0.3 is 0 Å². The summed E-state index contributed by atoms with van der Waals surface area (Å²) in [5.74, 6) is 0. The second-order valence-corrected chi connectivity index (χ2v) is 2.69. The number of halogens is 3. The number of aromatic nitrogens is 1. The molecule has 0 aliphatic rings. The first-order chi connectivity index (χ1) is 6.60. The fourth-order valence-electron chi connectivity index (χ4n) is 0.859. The number of hydrogen-bond acceptors (Lipinski definition) is 3. The van der Waals surface area contributed by atoms with E-state index < -0.39 is 12.1 Å². The molecule has 1 rings (SSSR count). The van der Waals surface area contributed by atoms with E-state index in [9.17, 15) is 13.6 Å². The highest BCUT2D eigenvalue weighted by molar-refractivity contribution is 6.32. The normalized spacial score (nSPS) is 9.93. The predicted molar refractivity (Wildman–Crippen MR) is 44.3 cm³/mol. The zero-order chi connectivity index (χ0) is 10.7. The molecular weight excluding hydrogens is 214 g/mol. The van der Waals surface area contributed by atoms with Gasteiger partial charge in [0.15, 0.2) is 6.29 Å². The van der Waals surface area contributed by atoms with Crippen molar-refractivity contribution in [2.45, 2.75) is 6.43 Å². The minimum absolute atomic E-state index is 0.168. The minimum atomic E-state index is -2.82. The van der Waals surface area contributed by atoms with Crippen LogP contribution in [0.1, 0.15) is 28.0 Å². The van der Waals surface area contributed by atoms with Crippen molar-refractivity contribution in [3.05, 3.63) is 28.0 Å². The van der Waals surface area contributed by atoms with Crippen molar-refractivity contribution in [3.63, 3.8) is 0 Å². The highest BCUT2D eigenvalue weighted by atomic mass is 35.5. The molecule has 0 saturated carbocycles. The van der Waals surface area contributed by atoms with Crippen LogP contribution in [0.4, 0.5) is 8.78 Å². The van der Waals surface area contributed by atoms with Gasteiger partial charge in [0.05, 0.1) is 11.1 Å². The Balaban J connectivity index is 3.40. The molecule has 1 heterocycles. The third kappa shape index (κ3) is 1.86. The number of nitriles is 1. The first-order valence-electron chi connectivity index (χ1n) is 3.44. The zero-order valence-electron chi connectivity index (χ0n) is 6.67. The number of nitrogens with zero attached hydrogens (tertiary/aromatic N) is 2. The largest absolute Gasteiger partial charge is 0.298 e. The number of carbonyl (C=O) groups is 1. The second kappa shape index (κ2) is 4.11. The lowest BCUT2D eigenvalue weighted by molar-refractivity contribution is 0.112. The first-order valence-corrected chi connectivity index (χ1v) is 3.81. The van der Waals surface area contributed by atoms with Crippen molar-refractivity contribution in [1.82, 2.24) is 4.98 Å². The molecule has 6 heteroatoms. The molecule has 0 aromatic carbocycles. The van der Waals surface area contributed by atoms with Crippen molar-refractivity contribution >= 4 is 17.9 Å². The Hall–Kier alpha value is -1.54. The molecule has 0 fully saturated rings. The van der Waals surface area contributed by atoms with Gasteiger partial charge in [-0.15, -0.1) is 0 Å². The van der Waals surface area contributed by atoms with Crippen LogP contribution in [-0.2, 0) is 0 Å². The van der Waals surface area contributed by atoms with Crippen LogP contribution >= 0.6 is 11.6 Å². The summed E-state index contributed by atoms with van der Waals surface area (Å²) >= 11 is 5.43. The third-order valence-corrected chi connectivity index (χ3v) is 1.78. The van der Waals surface area contributed by atoms with E-state index in [-0.39, 0.29) is 16.3 Å². The van der Waals surface area contributed by atoms with E-state index in [1.54, 1.807) is 6.07 Å². The topological polar surface area (TPSA) is 53.8 Å². The van der Waals surface area contributed by atoms with Gasteiger partial charge in [0.25, 0.3) is 6.43 Å². The molecular formula is C8H3ClF2N2O. The molecule has 0 aliphatic carbocycles. The highest BCUT2D eigenvalue weighted by Crippen LogP contribution is 2.23. The standard InChI is InChI=1S/C8H3ClF2N2O/c9-7-5(3-14)4(2-12)1-6(13-7)8(10)11/h1,3,8H. The van der Waals surface area contributed by atoms with Gasteiger partial charge in [-0.1, -0.05) is 11.6 Å². The average Bonchev–Trinajstić information content (AvgIpc) is 2.16. The summed E-state index contributed by atoms with van der Waals surface area (Å²) in [4.78, 5) is 13.7. The summed E-state index contributed by atoms with van der Waals surface area (Å²) < 4.78 is 24.4.